The molecule has 2 rings (SSSR count). The number of nitrogens with two attached hydrogens (primary N) is 1. The average Bonchev–Trinajstić information content (AvgIpc) is 2.39. The highest BCUT2D eigenvalue weighted by Gasteiger charge is 2.18. The van der Waals surface area contributed by atoms with Gasteiger partial charge in [-0.1, -0.05) is 31.4 Å². The van der Waals surface area contributed by atoms with Gasteiger partial charge in [-0.25, -0.2) is 0 Å². The normalized spacial score (nSPS) is 18.6. The van der Waals surface area contributed by atoms with Gasteiger partial charge in [-0.3, -0.25) is 0 Å². The van der Waals surface area contributed by atoms with Crippen molar-refractivity contribution in [2.75, 3.05) is 11.9 Å². The Morgan fingerprint density at radius 3 is 2.33 bits per heavy atom. The van der Waals surface area contributed by atoms with Crippen LogP contribution >= 0.6 is 0 Å². The van der Waals surface area contributed by atoms with Crippen LogP contribution in [0.1, 0.15) is 44.6 Å². The molecule has 1 atom stereocenters. The van der Waals surface area contributed by atoms with Crippen LogP contribution in [-0.4, -0.2) is 19.1 Å². The molecular formula is C16H26N2. The Hall–Kier alpha value is -1.02. The van der Waals surface area contributed by atoms with Gasteiger partial charge in [0, 0.05) is 24.8 Å². The third kappa shape index (κ3) is 3.49. The van der Waals surface area contributed by atoms with E-state index in [1.54, 1.807) is 0 Å². The Morgan fingerprint density at radius 1 is 1.17 bits per heavy atom. The molecule has 0 spiro atoms. The maximum Gasteiger partial charge on any atom is 0.0366 e. The summed E-state index contributed by atoms with van der Waals surface area (Å²) in [5, 5.41) is 0. The Balaban J connectivity index is 1.99. The minimum Gasteiger partial charge on any atom is -0.372 e. The van der Waals surface area contributed by atoms with E-state index in [-0.39, 0.29) is 6.04 Å². The van der Waals surface area contributed by atoms with Crippen LogP contribution in [0.3, 0.4) is 0 Å². The summed E-state index contributed by atoms with van der Waals surface area (Å²) in [6.07, 6.45) is 7.84. The summed E-state index contributed by atoms with van der Waals surface area (Å²) in [4.78, 5) is 2.45. The highest BCUT2D eigenvalue weighted by atomic mass is 15.1. The third-order valence-electron chi connectivity index (χ3n) is 4.02. The largest absolute Gasteiger partial charge is 0.372 e. The number of nitrogens with zero attached hydrogens (tertiary/aromatic N) is 1. The molecule has 2 N–H and O–H groups in total. The summed E-state index contributed by atoms with van der Waals surface area (Å²) < 4.78 is 0. The van der Waals surface area contributed by atoms with Gasteiger partial charge in [0.05, 0.1) is 0 Å². The van der Waals surface area contributed by atoms with Crippen LogP contribution in [0.25, 0.3) is 0 Å². The van der Waals surface area contributed by atoms with Crippen molar-refractivity contribution >= 4 is 5.69 Å². The first-order chi connectivity index (χ1) is 8.66. The molecule has 100 valence electrons. The van der Waals surface area contributed by atoms with E-state index >= 15 is 0 Å². The van der Waals surface area contributed by atoms with Gasteiger partial charge in [0.2, 0.25) is 0 Å². The first-order valence-corrected chi connectivity index (χ1v) is 7.24. The summed E-state index contributed by atoms with van der Waals surface area (Å²) >= 11 is 0. The van der Waals surface area contributed by atoms with Crippen LogP contribution in [0.15, 0.2) is 24.3 Å². The lowest BCUT2D eigenvalue weighted by atomic mass is 9.94. The van der Waals surface area contributed by atoms with Crippen molar-refractivity contribution in [1.29, 1.82) is 0 Å². The Kier molecular flexibility index (Phi) is 4.65. The van der Waals surface area contributed by atoms with Crippen molar-refractivity contribution in [3.8, 4) is 0 Å². The maximum atomic E-state index is 5.83. The standard InChI is InChI=1S/C16H26N2/c1-13(17)12-14-8-10-16(11-9-14)18(2)15-6-4-3-5-7-15/h8-11,13,15H,3-7,12,17H2,1-2H3. The molecule has 1 fully saturated rings. The molecule has 1 aromatic carbocycles. The number of benzene rings is 1. The van der Waals surface area contributed by atoms with Gasteiger partial charge >= 0.3 is 0 Å². The van der Waals surface area contributed by atoms with E-state index in [4.69, 9.17) is 5.73 Å². The predicted molar refractivity (Wildman–Crippen MR) is 79.1 cm³/mol. The van der Waals surface area contributed by atoms with Crippen LogP contribution in [0.4, 0.5) is 5.69 Å². The molecule has 1 unspecified atom stereocenters. The maximum absolute atomic E-state index is 5.83. The smallest absolute Gasteiger partial charge is 0.0366 e. The minimum absolute atomic E-state index is 0.243. The van der Waals surface area contributed by atoms with Crippen LogP contribution < -0.4 is 10.6 Å². The highest BCUT2D eigenvalue weighted by molar-refractivity contribution is 5.48. The fourth-order valence-electron chi connectivity index (χ4n) is 2.92. The van der Waals surface area contributed by atoms with Crippen molar-refractivity contribution in [1.82, 2.24) is 0 Å². The van der Waals surface area contributed by atoms with Gasteiger partial charge in [-0.05, 0) is 43.9 Å². The van der Waals surface area contributed by atoms with Crippen LogP contribution in [0, 0.1) is 0 Å². The van der Waals surface area contributed by atoms with Gasteiger partial charge in [-0.15, -0.1) is 0 Å². The molecule has 0 aliphatic heterocycles. The molecule has 1 saturated carbocycles. The van der Waals surface area contributed by atoms with E-state index in [1.807, 2.05) is 0 Å². The molecule has 0 bridgehead atoms. The molecule has 1 aliphatic rings. The average molecular weight is 246 g/mol. The molecule has 0 heterocycles. The van der Waals surface area contributed by atoms with E-state index in [0.717, 1.165) is 12.5 Å². The molecule has 1 aliphatic carbocycles. The second-order valence-electron chi connectivity index (χ2n) is 5.75. The summed E-state index contributed by atoms with van der Waals surface area (Å²) in [6, 6.07) is 9.90. The monoisotopic (exact) mass is 246 g/mol. The minimum atomic E-state index is 0.243. The molecule has 2 nitrogen and oxygen atoms in total. The first kappa shape index (κ1) is 13.4. The van der Waals surface area contributed by atoms with Gasteiger partial charge in [0.15, 0.2) is 0 Å². The predicted octanol–water partition coefficient (Wildman–Crippen LogP) is 3.35. The zero-order chi connectivity index (χ0) is 13.0. The van der Waals surface area contributed by atoms with E-state index in [2.05, 4.69) is 43.1 Å². The van der Waals surface area contributed by atoms with Crippen molar-refractivity contribution in [2.45, 2.75) is 57.5 Å². The Labute approximate surface area is 111 Å². The molecule has 2 heteroatoms. The number of hydrogen-bond donors (Lipinski definition) is 1. The molecule has 0 radical (unpaired) electrons. The van der Waals surface area contributed by atoms with Crippen LogP contribution in [-0.2, 0) is 6.42 Å². The van der Waals surface area contributed by atoms with Crippen molar-refractivity contribution in [2.24, 2.45) is 5.73 Å². The fraction of sp³-hybridized carbons (Fsp3) is 0.625. The SMILES string of the molecule is CC(N)Cc1ccc(N(C)C2CCCCC2)cc1. The van der Waals surface area contributed by atoms with Gasteiger partial charge in [0.1, 0.15) is 0 Å². The van der Waals surface area contributed by atoms with E-state index in [1.165, 1.54) is 43.4 Å². The van der Waals surface area contributed by atoms with Crippen molar-refractivity contribution in [3.63, 3.8) is 0 Å². The van der Waals surface area contributed by atoms with Crippen LogP contribution in [0.5, 0.6) is 0 Å². The molecular weight excluding hydrogens is 220 g/mol. The lowest BCUT2D eigenvalue weighted by molar-refractivity contribution is 0.427. The molecule has 0 amide bonds. The second-order valence-corrected chi connectivity index (χ2v) is 5.75. The molecule has 1 aromatic rings. The Bertz CT molecular complexity index is 350. The zero-order valence-electron chi connectivity index (χ0n) is 11.7. The topological polar surface area (TPSA) is 29.3 Å². The van der Waals surface area contributed by atoms with E-state index < -0.39 is 0 Å². The zero-order valence-corrected chi connectivity index (χ0v) is 11.7. The molecule has 0 aromatic heterocycles. The highest BCUT2D eigenvalue weighted by Crippen LogP contribution is 2.26. The first-order valence-electron chi connectivity index (χ1n) is 7.24. The summed E-state index contributed by atoms with van der Waals surface area (Å²) in [5.41, 5.74) is 8.51. The number of hydrogen-bond acceptors (Lipinski definition) is 2. The number of anilines is 1. The van der Waals surface area contributed by atoms with Crippen LogP contribution in [0.2, 0.25) is 0 Å². The summed E-state index contributed by atoms with van der Waals surface area (Å²) in [6.45, 7) is 2.06. The second kappa shape index (κ2) is 6.24. The lowest BCUT2D eigenvalue weighted by Crippen LogP contribution is -2.33. The summed E-state index contributed by atoms with van der Waals surface area (Å²) in [5.74, 6) is 0. The van der Waals surface area contributed by atoms with Gasteiger partial charge < -0.3 is 10.6 Å². The van der Waals surface area contributed by atoms with Gasteiger partial charge in [-0.2, -0.15) is 0 Å². The summed E-state index contributed by atoms with van der Waals surface area (Å²) in [7, 11) is 2.23. The Morgan fingerprint density at radius 2 is 1.78 bits per heavy atom. The van der Waals surface area contributed by atoms with E-state index in [0.29, 0.717) is 0 Å². The lowest BCUT2D eigenvalue weighted by Gasteiger charge is -2.33. The third-order valence-corrected chi connectivity index (χ3v) is 4.02. The number of rotatable bonds is 4. The van der Waals surface area contributed by atoms with Gasteiger partial charge in [0.25, 0.3) is 0 Å². The van der Waals surface area contributed by atoms with Crippen molar-refractivity contribution < 1.29 is 0 Å². The molecule has 18 heavy (non-hydrogen) atoms. The fourth-order valence-corrected chi connectivity index (χ4v) is 2.92. The quantitative estimate of drug-likeness (QED) is 0.883. The van der Waals surface area contributed by atoms with E-state index in [9.17, 15) is 0 Å². The van der Waals surface area contributed by atoms with Crippen molar-refractivity contribution in [3.05, 3.63) is 29.8 Å². The molecule has 0 saturated heterocycles.